The number of nitrogens with zero attached hydrogens (tertiary/aromatic N) is 2. The third-order valence-electron chi connectivity index (χ3n) is 2.56. The standard InChI is InChI=1S/C9H11BrF2N2/c10-7-3-13-14(5-7)4-6-1-8(11)9(12)2-6/h3,5-6,8-9H,1-2,4H2. The summed E-state index contributed by atoms with van der Waals surface area (Å²) in [5.41, 5.74) is 0. The molecule has 14 heavy (non-hydrogen) atoms. The zero-order chi connectivity index (χ0) is 10.1. The first-order chi connectivity index (χ1) is 6.65. The lowest BCUT2D eigenvalue weighted by Gasteiger charge is -2.07. The molecule has 1 fully saturated rings. The molecule has 1 saturated carbocycles. The second-order valence-corrected chi connectivity index (χ2v) is 4.67. The molecule has 0 aliphatic heterocycles. The van der Waals surface area contributed by atoms with Gasteiger partial charge in [-0.25, -0.2) is 8.78 Å². The first-order valence-corrected chi connectivity index (χ1v) is 5.40. The highest BCUT2D eigenvalue weighted by atomic mass is 79.9. The molecule has 2 atom stereocenters. The fourth-order valence-corrected chi connectivity index (χ4v) is 2.21. The van der Waals surface area contributed by atoms with Crippen molar-refractivity contribution >= 4 is 15.9 Å². The van der Waals surface area contributed by atoms with Crippen LogP contribution in [0.1, 0.15) is 12.8 Å². The summed E-state index contributed by atoms with van der Waals surface area (Å²) in [4.78, 5) is 0. The molecule has 1 aromatic rings. The van der Waals surface area contributed by atoms with E-state index < -0.39 is 12.3 Å². The van der Waals surface area contributed by atoms with Gasteiger partial charge in [0.05, 0.1) is 10.7 Å². The van der Waals surface area contributed by atoms with Crippen molar-refractivity contribution in [2.24, 2.45) is 5.92 Å². The van der Waals surface area contributed by atoms with Gasteiger partial charge in [0.15, 0.2) is 0 Å². The van der Waals surface area contributed by atoms with Crippen LogP contribution >= 0.6 is 15.9 Å². The second kappa shape index (κ2) is 3.96. The van der Waals surface area contributed by atoms with Gasteiger partial charge in [0.25, 0.3) is 0 Å². The molecule has 0 radical (unpaired) electrons. The van der Waals surface area contributed by atoms with Gasteiger partial charge >= 0.3 is 0 Å². The van der Waals surface area contributed by atoms with Crippen LogP contribution in [0.2, 0.25) is 0 Å². The van der Waals surface area contributed by atoms with Crippen LogP contribution in [0.25, 0.3) is 0 Å². The Morgan fingerprint density at radius 1 is 1.43 bits per heavy atom. The van der Waals surface area contributed by atoms with E-state index in [-0.39, 0.29) is 5.92 Å². The van der Waals surface area contributed by atoms with Crippen LogP contribution < -0.4 is 0 Å². The van der Waals surface area contributed by atoms with Gasteiger partial charge in [-0.3, -0.25) is 4.68 Å². The minimum Gasteiger partial charge on any atom is -0.271 e. The predicted molar refractivity (Wildman–Crippen MR) is 52.4 cm³/mol. The van der Waals surface area contributed by atoms with Crippen molar-refractivity contribution < 1.29 is 8.78 Å². The molecular weight excluding hydrogens is 254 g/mol. The zero-order valence-corrected chi connectivity index (χ0v) is 9.12. The Morgan fingerprint density at radius 3 is 2.57 bits per heavy atom. The van der Waals surface area contributed by atoms with Crippen molar-refractivity contribution in [1.82, 2.24) is 9.78 Å². The van der Waals surface area contributed by atoms with Crippen LogP contribution in [0, 0.1) is 5.92 Å². The quantitative estimate of drug-likeness (QED) is 0.803. The lowest BCUT2D eigenvalue weighted by atomic mass is 10.1. The van der Waals surface area contributed by atoms with E-state index in [1.807, 2.05) is 6.20 Å². The van der Waals surface area contributed by atoms with Gasteiger partial charge < -0.3 is 0 Å². The maximum absolute atomic E-state index is 12.9. The van der Waals surface area contributed by atoms with Crippen LogP contribution in [0.4, 0.5) is 8.78 Å². The van der Waals surface area contributed by atoms with Crippen LogP contribution in [0.5, 0.6) is 0 Å². The summed E-state index contributed by atoms with van der Waals surface area (Å²) in [7, 11) is 0. The molecule has 78 valence electrons. The molecule has 0 bridgehead atoms. The van der Waals surface area contributed by atoms with E-state index >= 15 is 0 Å². The average Bonchev–Trinajstić information content (AvgIpc) is 2.62. The van der Waals surface area contributed by atoms with Crippen molar-refractivity contribution in [3.8, 4) is 0 Å². The van der Waals surface area contributed by atoms with E-state index in [2.05, 4.69) is 21.0 Å². The number of halogens is 3. The third-order valence-corrected chi connectivity index (χ3v) is 2.97. The van der Waals surface area contributed by atoms with Crippen molar-refractivity contribution in [3.05, 3.63) is 16.9 Å². The SMILES string of the molecule is FC1CC(Cn2cc(Br)cn2)CC1F. The molecule has 1 heterocycles. The zero-order valence-electron chi connectivity index (χ0n) is 7.54. The highest BCUT2D eigenvalue weighted by Gasteiger charge is 2.34. The molecule has 5 heteroatoms. The molecule has 2 nitrogen and oxygen atoms in total. The number of hydrogen-bond donors (Lipinski definition) is 0. The van der Waals surface area contributed by atoms with Gasteiger partial charge in [0.1, 0.15) is 12.3 Å². The first-order valence-electron chi connectivity index (χ1n) is 4.61. The first kappa shape index (κ1) is 10.1. The Labute approximate surface area is 89.4 Å². The van der Waals surface area contributed by atoms with Crippen LogP contribution in [0.15, 0.2) is 16.9 Å². The normalized spacial score (nSPS) is 32.4. The van der Waals surface area contributed by atoms with Gasteiger partial charge in [0.2, 0.25) is 0 Å². The highest BCUT2D eigenvalue weighted by molar-refractivity contribution is 9.10. The van der Waals surface area contributed by atoms with Gasteiger partial charge in [0, 0.05) is 12.7 Å². The van der Waals surface area contributed by atoms with Gasteiger partial charge in [-0.1, -0.05) is 0 Å². The molecule has 1 aliphatic rings. The van der Waals surface area contributed by atoms with Crippen molar-refractivity contribution in [2.75, 3.05) is 0 Å². The topological polar surface area (TPSA) is 17.8 Å². The minimum atomic E-state index is -1.28. The fourth-order valence-electron chi connectivity index (χ4n) is 1.88. The molecule has 0 aromatic carbocycles. The molecule has 0 amide bonds. The monoisotopic (exact) mass is 264 g/mol. The number of hydrogen-bond acceptors (Lipinski definition) is 1. The van der Waals surface area contributed by atoms with Gasteiger partial charge in [-0.15, -0.1) is 0 Å². The van der Waals surface area contributed by atoms with Gasteiger partial charge in [-0.05, 0) is 34.7 Å². The Balaban J connectivity index is 1.93. The maximum Gasteiger partial charge on any atom is 0.131 e. The van der Waals surface area contributed by atoms with Crippen molar-refractivity contribution in [3.63, 3.8) is 0 Å². The Morgan fingerprint density at radius 2 is 2.07 bits per heavy atom. The molecule has 2 rings (SSSR count). The summed E-state index contributed by atoms with van der Waals surface area (Å²) in [5.74, 6) is 0.0757. The molecule has 0 N–H and O–H groups in total. The van der Waals surface area contributed by atoms with Crippen molar-refractivity contribution in [2.45, 2.75) is 31.7 Å². The van der Waals surface area contributed by atoms with E-state index in [0.717, 1.165) is 4.47 Å². The summed E-state index contributed by atoms with van der Waals surface area (Å²) in [6.45, 7) is 0.604. The second-order valence-electron chi connectivity index (χ2n) is 3.75. The van der Waals surface area contributed by atoms with E-state index in [1.165, 1.54) is 0 Å². The summed E-state index contributed by atoms with van der Waals surface area (Å²) in [6.07, 6.45) is 1.57. The molecule has 0 saturated heterocycles. The molecule has 0 spiro atoms. The molecule has 2 unspecified atom stereocenters. The summed E-state index contributed by atoms with van der Waals surface area (Å²) in [6, 6.07) is 0. The number of alkyl halides is 2. The maximum atomic E-state index is 12.9. The Bertz CT molecular complexity index is 306. The fraction of sp³-hybridized carbons (Fsp3) is 0.667. The summed E-state index contributed by atoms with van der Waals surface area (Å²) >= 11 is 3.27. The van der Waals surface area contributed by atoms with Crippen LogP contribution in [-0.4, -0.2) is 22.1 Å². The van der Waals surface area contributed by atoms with Crippen LogP contribution in [-0.2, 0) is 6.54 Å². The van der Waals surface area contributed by atoms with E-state index in [9.17, 15) is 8.78 Å². The minimum absolute atomic E-state index is 0.0757. The lowest BCUT2D eigenvalue weighted by molar-refractivity contribution is 0.199. The molecule has 1 aliphatic carbocycles. The van der Waals surface area contributed by atoms with E-state index in [0.29, 0.717) is 19.4 Å². The number of rotatable bonds is 2. The Hall–Kier alpha value is -0.450. The van der Waals surface area contributed by atoms with E-state index in [1.54, 1.807) is 10.9 Å². The highest BCUT2D eigenvalue weighted by Crippen LogP contribution is 2.31. The largest absolute Gasteiger partial charge is 0.271 e. The lowest BCUT2D eigenvalue weighted by Crippen LogP contribution is -2.08. The van der Waals surface area contributed by atoms with Gasteiger partial charge in [-0.2, -0.15) is 5.10 Å². The molecule has 1 aromatic heterocycles. The Kier molecular flexibility index (Phi) is 2.85. The third kappa shape index (κ3) is 2.13. The number of aromatic nitrogens is 2. The average molecular weight is 265 g/mol. The summed E-state index contributed by atoms with van der Waals surface area (Å²) in [5, 5.41) is 4.05. The van der Waals surface area contributed by atoms with Crippen molar-refractivity contribution in [1.29, 1.82) is 0 Å². The smallest absolute Gasteiger partial charge is 0.131 e. The molecular formula is C9H11BrF2N2. The van der Waals surface area contributed by atoms with E-state index in [4.69, 9.17) is 0 Å². The van der Waals surface area contributed by atoms with Crippen LogP contribution in [0.3, 0.4) is 0 Å². The predicted octanol–water partition coefficient (Wildman–Crippen LogP) is 2.73. The summed E-state index contributed by atoms with van der Waals surface area (Å²) < 4.78 is 28.3.